The van der Waals surface area contributed by atoms with Crippen molar-refractivity contribution in [1.82, 2.24) is 4.98 Å². The lowest BCUT2D eigenvalue weighted by atomic mass is 10.0. The summed E-state index contributed by atoms with van der Waals surface area (Å²) in [5.74, 6) is 0.832. The maximum absolute atomic E-state index is 9.20. The Hall–Kier alpha value is -2.71. The van der Waals surface area contributed by atoms with Gasteiger partial charge in [-0.25, -0.2) is 4.98 Å². The average molecular weight is 307 g/mol. The highest BCUT2D eigenvalue weighted by Gasteiger charge is 2.15. The predicted octanol–water partition coefficient (Wildman–Crippen LogP) is 4.18. The maximum atomic E-state index is 9.20. The van der Waals surface area contributed by atoms with Gasteiger partial charge in [0.2, 0.25) is 0 Å². The Morgan fingerprint density at radius 1 is 1.23 bits per heavy atom. The topological polar surface area (TPSA) is 75.8 Å². The number of hydrogen-bond donors (Lipinski definition) is 1. The number of pyridine rings is 1. The lowest BCUT2D eigenvalue weighted by Gasteiger charge is -2.10. The molecule has 0 atom stereocenters. The van der Waals surface area contributed by atoms with Gasteiger partial charge in [-0.2, -0.15) is 5.26 Å². The minimum absolute atomic E-state index is 0.207. The molecule has 4 nitrogen and oxygen atoms in total. The van der Waals surface area contributed by atoms with Crippen LogP contribution in [0.3, 0.4) is 0 Å². The van der Waals surface area contributed by atoms with Gasteiger partial charge in [0.1, 0.15) is 17.6 Å². The molecule has 0 unspecified atom stereocenters. The fourth-order valence-electron chi connectivity index (χ4n) is 2.21. The molecule has 3 rings (SSSR count). The van der Waals surface area contributed by atoms with Crippen LogP contribution in [0.25, 0.3) is 22.6 Å². The number of benzene rings is 1. The highest BCUT2D eigenvalue weighted by atomic mass is 32.2. The molecule has 1 aromatic carbocycles. The summed E-state index contributed by atoms with van der Waals surface area (Å²) in [5.41, 5.74) is 8.64. The second-order valence-electron chi connectivity index (χ2n) is 4.63. The molecule has 22 heavy (non-hydrogen) atoms. The van der Waals surface area contributed by atoms with Gasteiger partial charge >= 0.3 is 0 Å². The first kappa shape index (κ1) is 14.2. The van der Waals surface area contributed by atoms with Gasteiger partial charge in [0.15, 0.2) is 5.76 Å². The Labute approximate surface area is 132 Å². The fourth-order valence-corrected chi connectivity index (χ4v) is 2.62. The van der Waals surface area contributed by atoms with Crippen molar-refractivity contribution in [2.24, 2.45) is 0 Å². The van der Waals surface area contributed by atoms with Crippen molar-refractivity contribution < 1.29 is 4.42 Å². The van der Waals surface area contributed by atoms with Gasteiger partial charge in [-0.1, -0.05) is 12.1 Å². The first-order valence-corrected chi connectivity index (χ1v) is 7.84. The van der Waals surface area contributed by atoms with Crippen molar-refractivity contribution in [3.8, 4) is 28.7 Å². The third kappa shape index (κ3) is 2.57. The predicted molar refractivity (Wildman–Crippen MR) is 88.3 cm³/mol. The number of rotatable bonds is 3. The lowest BCUT2D eigenvalue weighted by molar-refractivity contribution is 0.580. The molecule has 0 bridgehead atoms. The minimum Gasteiger partial charge on any atom is -0.463 e. The summed E-state index contributed by atoms with van der Waals surface area (Å²) in [6, 6.07) is 15.5. The van der Waals surface area contributed by atoms with E-state index in [1.54, 1.807) is 30.2 Å². The van der Waals surface area contributed by atoms with E-state index < -0.39 is 0 Å². The average Bonchev–Trinajstić information content (AvgIpc) is 3.09. The molecule has 2 heterocycles. The summed E-state index contributed by atoms with van der Waals surface area (Å²) in [6.45, 7) is 0. The normalized spacial score (nSPS) is 10.4. The molecule has 0 saturated carbocycles. The van der Waals surface area contributed by atoms with E-state index in [1.165, 1.54) is 4.90 Å². The molecular formula is C17H13N3OS. The molecular weight excluding hydrogens is 294 g/mol. The van der Waals surface area contributed by atoms with Gasteiger partial charge < -0.3 is 10.2 Å². The van der Waals surface area contributed by atoms with E-state index in [4.69, 9.17) is 10.2 Å². The van der Waals surface area contributed by atoms with Crippen molar-refractivity contribution in [2.45, 2.75) is 4.90 Å². The summed E-state index contributed by atoms with van der Waals surface area (Å²) < 4.78 is 5.45. The number of hydrogen-bond acceptors (Lipinski definition) is 5. The third-order valence-corrected chi connectivity index (χ3v) is 4.07. The number of furan rings is 1. The first-order valence-electron chi connectivity index (χ1n) is 6.62. The number of aromatic nitrogens is 1. The molecule has 2 aromatic heterocycles. The first-order chi connectivity index (χ1) is 10.7. The van der Waals surface area contributed by atoms with E-state index >= 15 is 0 Å². The zero-order valence-electron chi connectivity index (χ0n) is 11.9. The van der Waals surface area contributed by atoms with Crippen molar-refractivity contribution >= 4 is 17.6 Å². The lowest BCUT2D eigenvalue weighted by Crippen LogP contribution is -1.99. The number of nitriles is 1. The second-order valence-corrected chi connectivity index (χ2v) is 5.51. The zero-order valence-corrected chi connectivity index (χ0v) is 12.7. The Balaban J connectivity index is 2.21. The van der Waals surface area contributed by atoms with Crippen LogP contribution < -0.4 is 5.73 Å². The summed E-state index contributed by atoms with van der Waals surface area (Å²) >= 11 is 1.68. The van der Waals surface area contributed by atoms with Gasteiger partial charge in [0, 0.05) is 10.5 Å². The number of anilines is 1. The highest BCUT2D eigenvalue weighted by molar-refractivity contribution is 7.98. The number of nitrogens with two attached hydrogens (primary N) is 1. The fraction of sp³-hybridized carbons (Fsp3) is 0.0588. The zero-order chi connectivity index (χ0) is 15.5. The Morgan fingerprint density at radius 2 is 2.00 bits per heavy atom. The van der Waals surface area contributed by atoms with Crippen LogP contribution in [0.5, 0.6) is 0 Å². The van der Waals surface area contributed by atoms with Crippen molar-refractivity contribution in [3.63, 3.8) is 0 Å². The van der Waals surface area contributed by atoms with Crippen LogP contribution in [-0.4, -0.2) is 11.2 Å². The monoisotopic (exact) mass is 307 g/mol. The van der Waals surface area contributed by atoms with Crippen molar-refractivity contribution in [1.29, 1.82) is 5.26 Å². The largest absolute Gasteiger partial charge is 0.463 e. The van der Waals surface area contributed by atoms with Crippen molar-refractivity contribution in [3.05, 3.63) is 54.3 Å². The van der Waals surface area contributed by atoms with Crippen LogP contribution >= 0.6 is 11.8 Å². The molecule has 3 aromatic rings. The Bertz CT molecular complexity index is 834. The molecule has 0 aliphatic carbocycles. The molecule has 108 valence electrons. The van der Waals surface area contributed by atoms with Crippen molar-refractivity contribution in [2.75, 3.05) is 12.0 Å². The second kappa shape index (κ2) is 5.96. The standard InChI is InChI=1S/C17H13N3OS/c1-22-13-6-4-11(5-7-13)14-9-12(10-18)17(19)20-16(14)15-3-2-8-21-15/h2-9H,1H3,(H2,19,20). The Morgan fingerprint density at radius 3 is 2.59 bits per heavy atom. The molecule has 0 amide bonds. The molecule has 0 radical (unpaired) electrons. The van der Waals surface area contributed by atoms with E-state index in [9.17, 15) is 5.26 Å². The molecule has 5 heteroatoms. The highest BCUT2D eigenvalue weighted by Crippen LogP contribution is 2.34. The molecule has 0 fully saturated rings. The van der Waals surface area contributed by atoms with E-state index in [1.807, 2.05) is 36.6 Å². The smallest absolute Gasteiger partial charge is 0.152 e. The Kier molecular flexibility index (Phi) is 3.86. The van der Waals surface area contributed by atoms with E-state index in [2.05, 4.69) is 11.1 Å². The van der Waals surface area contributed by atoms with Crippen LogP contribution in [0.1, 0.15) is 5.56 Å². The van der Waals surface area contributed by atoms with E-state index in [-0.39, 0.29) is 5.82 Å². The third-order valence-electron chi connectivity index (χ3n) is 3.33. The van der Waals surface area contributed by atoms with Gasteiger partial charge in [0.25, 0.3) is 0 Å². The maximum Gasteiger partial charge on any atom is 0.152 e. The van der Waals surface area contributed by atoms with Crippen LogP contribution in [0.15, 0.2) is 58.0 Å². The quantitative estimate of drug-likeness (QED) is 0.734. The minimum atomic E-state index is 0.207. The van der Waals surface area contributed by atoms with Crippen LogP contribution in [-0.2, 0) is 0 Å². The van der Waals surface area contributed by atoms with Crippen LogP contribution in [0, 0.1) is 11.3 Å². The number of nitrogen functional groups attached to an aromatic ring is 1. The number of thioether (sulfide) groups is 1. The molecule has 2 N–H and O–H groups in total. The van der Waals surface area contributed by atoms with Crippen LogP contribution in [0.2, 0.25) is 0 Å². The molecule has 0 aliphatic heterocycles. The van der Waals surface area contributed by atoms with Gasteiger partial charge in [-0.3, -0.25) is 0 Å². The molecule has 0 saturated heterocycles. The van der Waals surface area contributed by atoms with Gasteiger partial charge in [0.05, 0.1) is 11.8 Å². The number of nitrogens with zero attached hydrogens (tertiary/aromatic N) is 2. The SMILES string of the molecule is CSc1ccc(-c2cc(C#N)c(N)nc2-c2ccco2)cc1. The van der Waals surface area contributed by atoms with E-state index in [0.29, 0.717) is 17.0 Å². The van der Waals surface area contributed by atoms with Gasteiger partial charge in [-0.05, 0) is 42.2 Å². The summed E-state index contributed by atoms with van der Waals surface area (Å²) in [6.07, 6.45) is 3.62. The summed E-state index contributed by atoms with van der Waals surface area (Å²) in [7, 11) is 0. The summed E-state index contributed by atoms with van der Waals surface area (Å²) in [4.78, 5) is 5.54. The van der Waals surface area contributed by atoms with Gasteiger partial charge in [-0.15, -0.1) is 11.8 Å². The van der Waals surface area contributed by atoms with E-state index in [0.717, 1.165) is 11.1 Å². The molecule has 0 aliphatic rings. The van der Waals surface area contributed by atoms with Crippen LogP contribution in [0.4, 0.5) is 5.82 Å². The molecule has 0 spiro atoms. The summed E-state index contributed by atoms with van der Waals surface area (Å²) in [5, 5.41) is 9.20.